The summed E-state index contributed by atoms with van der Waals surface area (Å²) in [5.41, 5.74) is 5.34. The van der Waals surface area contributed by atoms with E-state index in [1.807, 2.05) is 19.9 Å². The number of anilines is 1. The average Bonchev–Trinajstić information content (AvgIpc) is 3.02. The second-order valence-corrected chi connectivity index (χ2v) is 7.57. The largest absolute Gasteiger partial charge is 0.369 e. The van der Waals surface area contributed by atoms with Gasteiger partial charge in [-0.1, -0.05) is 30.3 Å². The molecule has 2 heterocycles. The zero-order chi connectivity index (χ0) is 19.0. The number of Topliss-reactive ketones (excluding diaryl/α,β-unsaturated/α-hetero) is 1. The van der Waals surface area contributed by atoms with E-state index in [-0.39, 0.29) is 11.8 Å². The van der Waals surface area contributed by atoms with Gasteiger partial charge in [-0.15, -0.1) is 0 Å². The maximum absolute atomic E-state index is 13.3. The van der Waals surface area contributed by atoms with Crippen molar-refractivity contribution in [2.75, 3.05) is 31.1 Å². The first-order valence-corrected chi connectivity index (χ1v) is 9.72. The minimum atomic E-state index is -0.109. The SMILES string of the molecule is Cc1ccc2c(C(=O)[C@@H](C)N3CCN(c4ccccc4)CC3)c(C)[nH]c2c1. The maximum atomic E-state index is 13.3. The Labute approximate surface area is 160 Å². The number of nitrogens with one attached hydrogen (secondary N) is 1. The predicted octanol–water partition coefficient (Wildman–Crippen LogP) is 4.18. The number of hydrogen-bond acceptors (Lipinski definition) is 3. The molecule has 140 valence electrons. The number of benzene rings is 2. The van der Waals surface area contributed by atoms with E-state index in [2.05, 4.69) is 64.2 Å². The number of hydrogen-bond donors (Lipinski definition) is 1. The average molecular weight is 361 g/mol. The van der Waals surface area contributed by atoms with Crippen LogP contribution in [0.3, 0.4) is 0 Å². The van der Waals surface area contributed by atoms with Crippen molar-refractivity contribution in [3.63, 3.8) is 0 Å². The molecule has 1 aliphatic rings. The lowest BCUT2D eigenvalue weighted by atomic mass is 9.99. The highest BCUT2D eigenvalue weighted by molar-refractivity contribution is 6.11. The fourth-order valence-electron chi connectivity index (χ4n) is 4.14. The van der Waals surface area contributed by atoms with Crippen molar-refractivity contribution in [1.29, 1.82) is 0 Å². The fraction of sp³-hybridized carbons (Fsp3) is 0.348. The van der Waals surface area contributed by atoms with Gasteiger partial charge in [-0.25, -0.2) is 0 Å². The first-order chi connectivity index (χ1) is 13.0. The molecule has 1 fully saturated rings. The third kappa shape index (κ3) is 3.37. The zero-order valence-electron chi connectivity index (χ0n) is 16.3. The highest BCUT2D eigenvalue weighted by Gasteiger charge is 2.28. The van der Waals surface area contributed by atoms with Crippen molar-refractivity contribution < 1.29 is 4.79 Å². The number of H-pyrrole nitrogens is 1. The Morgan fingerprint density at radius 3 is 2.41 bits per heavy atom. The van der Waals surface area contributed by atoms with Gasteiger partial charge in [0.15, 0.2) is 5.78 Å². The van der Waals surface area contributed by atoms with Crippen LogP contribution in [0.5, 0.6) is 0 Å². The van der Waals surface area contributed by atoms with Crippen LogP contribution < -0.4 is 4.90 Å². The van der Waals surface area contributed by atoms with Crippen LogP contribution in [0.15, 0.2) is 48.5 Å². The Balaban J connectivity index is 1.50. The first kappa shape index (κ1) is 17.8. The van der Waals surface area contributed by atoms with Gasteiger partial charge in [0, 0.05) is 54.0 Å². The first-order valence-electron chi connectivity index (χ1n) is 9.72. The number of carbonyl (C=O) groups excluding carboxylic acids is 1. The van der Waals surface area contributed by atoms with Gasteiger partial charge in [0.05, 0.1) is 6.04 Å². The van der Waals surface area contributed by atoms with Crippen LogP contribution in [0, 0.1) is 13.8 Å². The summed E-state index contributed by atoms with van der Waals surface area (Å²) in [6.07, 6.45) is 0. The third-order valence-electron chi connectivity index (χ3n) is 5.75. The number of nitrogens with zero attached hydrogens (tertiary/aromatic N) is 2. The number of piperazine rings is 1. The second-order valence-electron chi connectivity index (χ2n) is 7.57. The molecular weight excluding hydrogens is 334 g/mol. The molecule has 1 aliphatic heterocycles. The van der Waals surface area contributed by atoms with E-state index in [1.165, 1.54) is 11.3 Å². The van der Waals surface area contributed by atoms with E-state index in [9.17, 15) is 4.79 Å². The fourth-order valence-corrected chi connectivity index (χ4v) is 4.14. The number of aromatic nitrogens is 1. The Morgan fingerprint density at radius 1 is 1.00 bits per heavy atom. The Bertz CT molecular complexity index is 952. The second kappa shape index (κ2) is 7.20. The van der Waals surface area contributed by atoms with Gasteiger partial charge >= 0.3 is 0 Å². The van der Waals surface area contributed by atoms with Crippen molar-refractivity contribution in [2.45, 2.75) is 26.8 Å². The van der Waals surface area contributed by atoms with Gasteiger partial charge < -0.3 is 9.88 Å². The highest BCUT2D eigenvalue weighted by atomic mass is 16.1. The third-order valence-corrected chi connectivity index (χ3v) is 5.75. The lowest BCUT2D eigenvalue weighted by Crippen LogP contribution is -2.51. The summed E-state index contributed by atoms with van der Waals surface area (Å²) in [5.74, 6) is 0.218. The van der Waals surface area contributed by atoms with E-state index in [0.29, 0.717) is 0 Å². The molecule has 0 saturated carbocycles. The Morgan fingerprint density at radius 2 is 1.70 bits per heavy atom. The molecule has 3 aromatic rings. The summed E-state index contributed by atoms with van der Waals surface area (Å²) in [5, 5.41) is 1.04. The summed E-state index contributed by atoms with van der Waals surface area (Å²) in [6.45, 7) is 9.84. The standard InChI is InChI=1S/C23H27N3O/c1-16-9-10-20-21(15-16)24-17(2)22(20)23(27)18(3)25-11-13-26(14-12-25)19-7-5-4-6-8-19/h4-10,15,18,24H,11-14H2,1-3H3/t18-/m1/s1. The lowest BCUT2D eigenvalue weighted by Gasteiger charge is -2.38. The molecule has 2 aromatic carbocycles. The smallest absolute Gasteiger partial charge is 0.182 e. The van der Waals surface area contributed by atoms with E-state index >= 15 is 0 Å². The van der Waals surface area contributed by atoms with E-state index in [0.717, 1.165) is 48.3 Å². The summed E-state index contributed by atoms with van der Waals surface area (Å²) in [4.78, 5) is 21.4. The molecule has 4 heteroatoms. The van der Waals surface area contributed by atoms with Crippen LogP contribution in [0.4, 0.5) is 5.69 Å². The van der Waals surface area contributed by atoms with Gasteiger partial charge in [-0.2, -0.15) is 0 Å². The van der Waals surface area contributed by atoms with Crippen molar-refractivity contribution in [1.82, 2.24) is 9.88 Å². The van der Waals surface area contributed by atoms with Gasteiger partial charge in [-0.3, -0.25) is 9.69 Å². The van der Waals surface area contributed by atoms with Gasteiger partial charge in [0.25, 0.3) is 0 Å². The Hall–Kier alpha value is -2.59. The number of fused-ring (bicyclic) bond motifs is 1. The highest BCUT2D eigenvalue weighted by Crippen LogP contribution is 2.26. The van der Waals surface area contributed by atoms with E-state index in [1.54, 1.807) is 0 Å². The van der Waals surface area contributed by atoms with Crippen LogP contribution in [0.2, 0.25) is 0 Å². The number of carbonyl (C=O) groups is 1. The van der Waals surface area contributed by atoms with Crippen molar-refractivity contribution in [3.05, 3.63) is 65.4 Å². The topological polar surface area (TPSA) is 39.3 Å². The number of rotatable bonds is 4. The quantitative estimate of drug-likeness (QED) is 0.709. The normalized spacial score (nSPS) is 16.6. The summed E-state index contributed by atoms with van der Waals surface area (Å²) in [7, 11) is 0. The van der Waals surface area contributed by atoms with Crippen molar-refractivity contribution >= 4 is 22.4 Å². The van der Waals surface area contributed by atoms with Crippen LogP contribution >= 0.6 is 0 Å². The lowest BCUT2D eigenvalue weighted by molar-refractivity contribution is 0.0831. The molecule has 4 nitrogen and oxygen atoms in total. The number of aryl methyl sites for hydroxylation is 2. The molecule has 0 amide bonds. The molecule has 1 N–H and O–H groups in total. The number of para-hydroxylation sites is 1. The van der Waals surface area contributed by atoms with Crippen molar-refractivity contribution in [3.8, 4) is 0 Å². The van der Waals surface area contributed by atoms with Crippen LogP contribution in [-0.4, -0.2) is 47.9 Å². The monoisotopic (exact) mass is 361 g/mol. The summed E-state index contributed by atoms with van der Waals surface area (Å²) in [6, 6.07) is 16.7. The minimum absolute atomic E-state index is 0.109. The molecule has 0 radical (unpaired) electrons. The molecule has 0 aliphatic carbocycles. The summed E-state index contributed by atoms with van der Waals surface area (Å²) >= 11 is 0. The van der Waals surface area contributed by atoms with Crippen LogP contribution in [0.1, 0.15) is 28.5 Å². The molecule has 1 saturated heterocycles. The molecule has 0 unspecified atom stereocenters. The zero-order valence-corrected chi connectivity index (χ0v) is 16.3. The number of aromatic amines is 1. The summed E-state index contributed by atoms with van der Waals surface area (Å²) < 4.78 is 0. The molecule has 0 spiro atoms. The molecule has 27 heavy (non-hydrogen) atoms. The predicted molar refractivity (Wildman–Crippen MR) is 112 cm³/mol. The van der Waals surface area contributed by atoms with Gasteiger partial charge in [0.2, 0.25) is 0 Å². The van der Waals surface area contributed by atoms with Crippen LogP contribution in [0.25, 0.3) is 10.9 Å². The van der Waals surface area contributed by atoms with E-state index in [4.69, 9.17) is 0 Å². The number of ketones is 1. The minimum Gasteiger partial charge on any atom is -0.369 e. The molecular formula is C23H27N3O. The maximum Gasteiger partial charge on any atom is 0.182 e. The molecule has 1 atom stereocenters. The van der Waals surface area contributed by atoms with Crippen LogP contribution in [-0.2, 0) is 0 Å². The molecule has 1 aromatic heterocycles. The molecule has 0 bridgehead atoms. The van der Waals surface area contributed by atoms with Gasteiger partial charge in [0.1, 0.15) is 0 Å². The van der Waals surface area contributed by atoms with E-state index < -0.39 is 0 Å². The van der Waals surface area contributed by atoms with Gasteiger partial charge in [-0.05, 0) is 44.5 Å². The molecule has 4 rings (SSSR count). The Kier molecular flexibility index (Phi) is 4.75. The van der Waals surface area contributed by atoms with Crippen molar-refractivity contribution in [2.24, 2.45) is 0 Å².